The number of hydrogen-bond acceptors (Lipinski definition) is 6. The molecule has 1 saturated carbocycles. The molecule has 4 N–H and O–H groups in total. The number of hydrogen-bond donors (Lipinski definition) is 4. The van der Waals surface area contributed by atoms with Crippen LogP contribution in [0.25, 0.3) is 43.6 Å². The van der Waals surface area contributed by atoms with E-state index in [1.54, 1.807) is 17.5 Å². The van der Waals surface area contributed by atoms with Crippen LogP contribution in [0.4, 0.5) is 11.5 Å². The molecule has 1 aliphatic carbocycles. The van der Waals surface area contributed by atoms with Crippen molar-refractivity contribution in [2.24, 2.45) is 0 Å². The van der Waals surface area contributed by atoms with Gasteiger partial charge in [0.2, 0.25) is 0 Å². The Balaban J connectivity index is 1.20. The van der Waals surface area contributed by atoms with E-state index in [2.05, 4.69) is 37.9 Å². The summed E-state index contributed by atoms with van der Waals surface area (Å²) in [5, 5.41) is 16.4. The van der Waals surface area contributed by atoms with Crippen molar-refractivity contribution in [1.82, 2.24) is 30.5 Å². The summed E-state index contributed by atoms with van der Waals surface area (Å²) in [5.74, 6) is 1.34. The fraction of sp³-hybridized carbons (Fsp3) is 0.143. The smallest absolute Gasteiger partial charge is 0.267 e. The van der Waals surface area contributed by atoms with Gasteiger partial charge in [0, 0.05) is 40.0 Å². The van der Waals surface area contributed by atoms with Crippen LogP contribution in [0.3, 0.4) is 0 Å². The van der Waals surface area contributed by atoms with Gasteiger partial charge in [0.15, 0.2) is 11.6 Å². The van der Waals surface area contributed by atoms with E-state index in [0.29, 0.717) is 17.6 Å². The Bertz CT molecular complexity index is 1730. The zero-order valence-corrected chi connectivity index (χ0v) is 20.6. The van der Waals surface area contributed by atoms with E-state index < -0.39 is 0 Å². The molecule has 0 bridgehead atoms. The van der Waals surface area contributed by atoms with Crippen LogP contribution in [-0.2, 0) is 0 Å². The number of H-pyrrole nitrogens is 2. The number of carbonyl (C=O) groups is 1. The van der Waals surface area contributed by atoms with E-state index >= 15 is 0 Å². The van der Waals surface area contributed by atoms with Crippen LogP contribution < -0.4 is 10.6 Å². The van der Waals surface area contributed by atoms with Crippen molar-refractivity contribution in [2.45, 2.75) is 25.3 Å². The van der Waals surface area contributed by atoms with Gasteiger partial charge < -0.3 is 15.6 Å². The van der Waals surface area contributed by atoms with E-state index in [9.17, 15) is 4.79 Å². The molecule has 0 spiro atoms. The Labute approximate surface area is 216 Å². The molecule has 1 aliphatic rings. The number of amides is 1. The van der Waals surface area contributed by atoms with Crippen molar-refractivity contribution >= 4 is 49.9 Å². The third kappa shape index (κ3) is 4.13. The van der Waals surface area contributed by atoms with Gasteiger partial charge in [-0.3, -0.25) is 9.89 Å². The fourth-order valence-electron chi connectivity index (χ4n) is 4.57. The first kappa shape index (κ1) is 21.8. The van der Waals surface area contributed by atoms with Gasteiger partial charge in [0.25, 0.3) is 5.91 Å². The van der Waals surface area contributed by atoms with Crippen molar-refractivity contribution in [3.05, 3.63) is 78.1 Å². The maximum atomic E-state index is 12.6. The molecule has 0 unspecified atom stereocenters. The van der Waals surface area contributed by atoms with Crippen LogP contribution in [-0.4, -0.2) is 37.1 Å². The van der Waals surface area contributed by atoms with Crippen molar-refractivity contribution in [2.75, 3.05) is 5.32 Å². The van der Waals surface area contributed by atoms with Crippen LogP contribution in [0.5, 0.6) is 0 Å². The molecular weight excluding hydrogens is 482 g/mol. The monoisotopic (exact) mass is 505 g/mol. The summed E-state index contributed by atoms with van der Waals surface area (Å²) in [6.07, 6.45) is 6.98. The summed E-state index contributed by atoms with van der Waals surface area (Å²) < 4.78 is 0.999. The third-order valence-electron chi connectivity index (χ3n) is 6.85. The highest BCUT2D eigenvalue weighted by molar-refractivity contribution is 7.17. The lowest BCUT2D eigenvalue weighted by Crippen LogP contribution is -2.39. The average Bonchev–Trinajstić information content (AvgIpc) is 3.66. The third-order valence-corrected chi connectivity index (χ3v) is 7.76. The van der Waals surface area contributed by atoms with Crippen LogP contribution in [0.2, 0.25) is 0 Å². The highest BCUT2D eigenvalue weighted by atomic mass is 32.1. The first-order valence-electron chi connectivity index (χ1n) is 12.3. The second-order valence-corrected chi connectivity index (χ2v) is 10.2. The van der Waals surface area contributed by atoms with Crippen molar-refractivity contribution in [3.8, 4) is 22.5 Å². The molecule has 2 aromatic carbocycles. The second-order valence-electron chi connectivity index (χ2n) is 9.31. The summed E-state index contributed by atoms with van der Waals surface area (Å²) in [7, 11) is 0. The predicted molar refractivity (Wildman–Crippen MR) is 147 cm³/mol. The number of thiophene rings is 1. The number of rotatable bonds is 6. The first-order valence-corrected chi connectivity index (χ1v) is 13.1. The van der Waals surface area contributed by atoms with E-state index in [-0.39, 0.29) is 5.91 Å². The molecule has 7 rings (SSSR count). The molecule has 9 heteroatoms. The summed E-state index contributed by atoms with van der Waals surface area (Å²) in [6, 6.07) is 18.4. The number of nitrogens with one attached hydrogen (secondary N) is 4. The maximum Gasteiger partial charge on any atom is 0.267 e. The quantitative estimate of drug-likeness (QED) is 0.214. The Hall–Kier alpha value is -4.50. The standard InChI is InChI=1S/C28H23N7OS/c36-28(32-20-2-1-3-20)24-12-17-4-5-18(13-23(17)33-24)26-34-22-10-11-37-25(22)27(35-26)31-21-8-6-16(7-9-21)19-14-29-30-15-19/h4-15,20,33H,1-3H2,(H,29,30)(H,32,36)(H,31,34,35). The number of fused-ring (bicyclic) bond motifs is 2. The van der Waals surface area contributed by atoms with E-state index in [4.69, 9.17) is 9.97 Å². The molecule has 0 atom stereocenters. The fourth-order valence-corrected chi connectivity index (χ4v) is 5.35. The number of anilines is 2. The summed E-state index contributed by atoms with van der Waals surface area (Å²) in [4.78, 5) is 25.6. The van der Waals surface area contributed by atoms with Crippen molar-refractivity contribution in [3.63, 3.8) is 0 Å². The largest absolute Gasteiger partial charge is 0.351 e. The normalized spacial score (nSPS) is 13.6. The number of aromatic nitrogens is 5. The SMILES string of the molecule is O=C(NC1CCC1)c1cc2ccc(-c3nc(Nc4ccc(-c5cn[nH]c5)cc4)c4sccc4n3)cc2[nH]1. The Morgan fingerprint density at radius 3 is 2.62 bits per heavy atom. The average molecular weight is 506 g/mol. The lowest BCUT2D eigenvalue weighted by Gasteiger charge is -2.25. The molecule has 6 aromatic rings. The van der Waals surface area contributed by atoms with Gasteiger partial charge in [-0.05, 0) is 60.5 Å². The second kappa shape index (κ2) is 8.86. The molecule has 4 aromatic heterocycles. The number of carbonyl (C=O) groups excluding carboxylic acids is 1. The summed E-state index contributed by atoms with van der Waals surface area (Å²) >= 11 is 1.61. The van der Waals surface area contributed by atoms with Crippen LogP contribution in [0.15, 0.2) is 72.4 Å². The van der Waals surface area contributed by atoms with Crippen LogP contribution >= 0.6 is 11.3 Å². The minimum absolute atomic E-state index is 0.0522. The predicted octanol–water partition coefficient (Wildman–Crippen LogP) is 6.26. The molecule has 0 radical (unpaired) electrons. The molecule has 4 heterocycles. The Kier molecular flexibility index (Phi) is 5.21. The Morgan fingerprint density at radius 2 is 1.84 bits per heavy atom. The topological polar surface area (TPSA) is 111 Å². The zero-order valence-electron chi connectivity index (χ0n) is 19.8. The summed E-state index contributed by atoms with van der Waals surface area (Å²) in [5.41, 5.74) is 6.30. The highest BCUT2D eigenvalue weighted by Gasteiger charge is 2.21. The lowest BCUT2D eigenvalue weighted by atomic mass is 9.93. The molecule has 0 saturated heterocycles. The molecule has 0 aliphatic heterocycles. The maximum absolute atomic E-state index is 12.6. The number of nitrogens with zero attached hydrogens (tertiary/aromatic N) is 3. The molecule has 1 amide bonds. The van der Waals surface area contributed by atoms with Crippen LogP contribution in [0, 0.1) is 0 Å². The van der Waals surface area contributed by atoms with Gasteiger partial charge in [-0.1, -0.05) is 24.3 Å². The van der Waals surface area contributed by atoms with Gasteiger partial charge in [-0.25, -0.2) is 9.97 Å². The van der Waals surface area contributed by atoms with E-state index in [0.717, 1.165) is 62.2 Å². The van der Waals surface area contributed by atoms with Gasteiger partial charge in [-0.2, -0.15) is 5.10 Å². The van der Waals surface area contributed by atoms with Gasteiger partial charge in [0.1, 0.15) is 5.69 Å². The number of benzene rings is 2. The number of aromatic amines is 2. The summed E-state index contributed by atoms with van der Waals surface area (Å²) in [6.45, 7) is 0. The van der Waals surface area contributed by atoms with Gasteiger partial charge >= 0.3 is 0 Å². The zero-order chi connectivity index (χ0) is 24.8. The van der Waals surface area contributed by atoms with Crippen LogP contribution in [0.1, 0.15) is 29.8 Å². The Morgan fingerprint density at radius 1 is 0.973 bits per heavy atom. The molecule has 1 fully saturated rings. The highest BCUT2D eigenvalue weighted by Crippen LogP contribution is 2.32. The molecular formula is C28H23N7OS. The molecule has 37 heavy (non-hydrogen) atoms. The lowest BCUT2D eigenvalue weighted by molar-refractivity contribution is 0.0912. The molecule has 182 valence electrons. The first-order chi connectivity index (χ1) is 18.2. The van der Waals surface area contributed by atoms with Gasteiger partial charge in [-0.15, -0.1) is 11.3 Å². The molecule has 8 nitrogen and oxygen atoms in total. The van der Waals surface area contributed by atoms with Crippen molar-refractivity contribution in [1.29, 1.82) is 0 Å². The van der Waals surface area contributed by atoms with E-state index in [1.807, 2.05) is 54.0 Å². The minimum atomic E-state index is -0.0522. The van der Waals surface area contributed by atoms with E-state index in [1.165, 1.54) is 6.42 Å². The van der Waals surface area contributed by atoms with Crippen molar-refractivity contribution < 1.29 is 4.79 Å². The van der Waals surface area contributed by atoms with Gasteiger partial charge in [0.05, 0.1) is 16.4 Å². The minimum Gasteiger partial charge on any atom is -0.351 e.